The number of rotatable bonds is 7. The number of pyridine rings is 1. The molecule has 1 saturated carbocycles. The Morgan fingerprint density at radius 2 is 2.19 bits per heavy atom. The summed E-state index contributed by atoms with van der Waals surface area (Å²) >= 11 is 0. The highest BCUT2D eigenvalue weighted by Gasteiger charge is 2.33. The van der Waals surface area contributed by atoms with E-state index in [4.69, 9.17) is 4.74 Å². The van der Waals surface area contributed by atoms with Gasteiger partial charge in [0.1, 0.15) is 5.82 Å². The first-order chi connectivity index (χ1) is 10.2. The van der Waals surface area contributed by atoms with Crippen LogP contribution in [0.25, 0.3) is 0 Å². The van der Waals surface area contributed by atoms with Crippen LogP contribution in [0.3, 0.4) is 0 Å². The highest BCUT2D eigenvalue weighted by atomic mass is 16.5. The zero-order chi connectivity index (χ0) is 15.1. The first kappa shape index (κ1) is 15.8. The Kier molecular flexibility index (Phi) is 5.56. The van der Waals surface area contributed by atoms with Crippen LogP contribution in [0.4, 0.5) is 5.82 Å². The summed E-state index contributed by atoms with van der Waals surface area (Å²) in [7, 11) is 1.76. The molecule has 1 aromatic heterocycles. The lowest BCUT2D eigenvalue weighted by molar-refractivity contribution is 0.0922. The maximum atomic E-state index is 11.8. The van der Waals surface area contributed by atoms with Gasteiger partial charge < -0.3 is 15.4 Å². The number of amides is 1. The fraction of sp³-hybridized carbons (Fsp3) is 0.625. The second-order valence-corrected chi connectivity index (χ2v) is 5.78. The summed E-state index contributed by atoms with van der Waals surface area (Å²) in [6.07, 6.45) is 6.56. The van der Waals surface area contributed by atoms with E-state index in [1.807, 2.05) is 6.92 Å². The molecule has 1 aliphatic rings. The van der Waals surface area contributed by atoms with E-state index >= 15 is 0 Å². The molecule has 1 aliphatic carbocycles. The van der Waals surface area contributed by atoms with E-state index in [1.165, 1.54) is 25.7 Å². The van der Waals surface area contributed by atoms with Crippen LogP contribution in [0.15, 0.2) is 18.3 Å². The first-order valence-corrected chi connectivity index (χ1v) is 7.66. The quantitative estimate of drug-likeness (QED) is 0.810. The van der Waals surface area contributed by atoms with Crippen LogP contribution >= 0.6 is 0 Å². The average molecular weight is 291 g/mol. The van der Waals surface area contributed by atoms with Gasteiger partial charge in [-0.3, -0.25) is 4.79 Å². The fourth-order valence-electron chi connectivity index (χ4n) is 3.01. The Hall–Kier alpha value is -1.62. The van der Waals surface area contributed by atoms with Crippen molar-refractivity contribution in [3.05, 3.63) is 23.9 Å². The first-order valence-electron chi connectivity index (χ1n) is 7.66. The van der Waals surface area contributed by atoms with Crippen molar-refractivity contribution in [2.24, 2.45) is 5.41 Å². The molecule has 2 rings (SSSR count). The van der Waals surface area contributed by atoms with E-state index in [1.54, 1.807) is 25.4 Å². The van der Waals surface area contributed by atoms with Gasteiger partial charge in [-0.1, -0.05) is 12.8 Å². The van der Waals surface area contributed by atoms with E-state index < -0.39 is 0 Å². The second kappa shape index (κ2) is 7.41. The fourth-order valence-corrected chi connectivity index (χ4v) is 3.01. The highest BCUT2D eigenvalue weighted by Crippen LogP contribution is 2.38. The van der Waals surface area contributed by atoms with Gasteiger partial charge in [0.2, 0.25) is 0 Å². The Morgan fingerprint density at radius 3 is 2.86 bits per heavy atom. The van der Waals surface area contributed by atoms with Crippen molar-refractivity contribution in [1.29, 1.82) is 0 Å². The normalized spacial score (nSPS) is 16.7. The highest BCUT2D eigenvalue weighted by molar-refractivity contribution is 5.94. The molecule has 5 heteroatoms. The van der Waals surface area contributed by atoms with Gasteiger partial charge in [0.25, 0.3) is 5.91 Å². The van der Waals surface area contributed by atoms with Crippen LogP contribution in [0.2, 0.25) is 0 Å². The molecule has 5 nitrogen and oxygen atoms in total. The molecule has 0 radical (unpaired) electrons. The van der Waals surface area contributed by atoms with E-state index in [9.17, 15) is 4.79 Å². The predicted molar refractivity (Wildman–Crippen MR) is 83.5 cm³/mol. The third-order valence-corrected chi connectivity index (χ3v) is 4.12. The van der Waals surface area contributed by atoms with Gasteiger partial charge in [-0.05, 0) is 31.9 Å². The minimum atomic E-state index is -0.0598. The maximum absolute atomic E-state index is 11.8. The molecule has 2 N–H and O–H groups in total. The minimum Gasteiger partial charge on any atom is -0.384 e. The van der Waals surface area contributed by atoms with E-state index in [0.29, 0.717) is 12.1 Å². The third-order valence-electron chi connectivity index (χ3n) is 4.12. The van der Waals surface area contributed by atoms with Gasteiger partial charge in [0.05, 0.1) is 6.61 Å². The molecular weight excluding hydrogens is 266 g/mol. The molecule has 0 aromatic carbocycles. The molecule has 0 atom stereocenters. The Labute approximate surface area is 126 Å². The standard InChI is InChI=1S/C16H25N3O2/c1-3-17-15(20)13-6-9-18-14(10-13)19-11-16(12-21-2)7-4-5-8-16/h6,9-10H,3-5,7-8,11-12H2,1-2H3,(H,17,20)(H,18,19). The molecule has 116 valence electrons. The molecule has 1 heterocycles. The largest absolute Gasteiger partial charge is 0.384 e. The lowest BCUT2D eigenvalue weighted by atomic mass is 9.87. The average Bonchev–Trinajstić information content (AvgIpc) is 2.95. The second-order valence-electron chi connectivity index (χ2n) is 5.78. The summed E-state index contributed by atoms with van der Waals surface area (Å²) in [5.74, 6) is 0.691. The lowest BCUT2D eigenvalue weighted by Crippen LogP contribution is -2.31. The zero-order valence-electron chi connectivity index (χ0n) is 12.9. The van der Waals surface area contributed by atoms with Crippen LogP contribution in [0, 0.1) is 5.41 Å². The smallest absolute Gasteiger partial charge is 0.251 e. The van der Waals surface area contributed by atoms with Gasteiger partial charge >= 0.3 is 0 Å². The number of methoxy groups -OCH3 is 1. The van der Waals surface area contributed by atoms with E-state index in [0.717, 1.165) is 19.0 Å². The number of anilines is 1. The number of hydrogen-bond acceptors (Lipinski definition) is 4. The number of ether oxygens (including phenoxy) is 1. The van der Waals surface area contributed by atoms with Crippen molar-refractivity contribution in [2.75, 3.05) is 32.1 Å². The van der Waals surface area contributed by atoms with Gasteiger partial charge in [-0.25, -0.2) is 4.98 Å². The Morgan fingerprint density at radius 1 is 1.43 bits per heavy atom. The number of nitrogens with one attached hydrogen (secondary N) is 2. The topological polar surface area (TPSA) is 63.2 Å². The van der Waals surface area contributed by atoms with Gasteiger partial charge in [-0.2, -0.15) is 0 Å². The number of carbonyl (C=O) groups is 1. The van der Waals surface area contributed by atoms with Crippen molar-refractivity contribution in [3.8, 4) is 0 Å². The molecule has 1 fully saturated rings. The molecule has 0 aliphatic heterocycles. The SMILES string of the molecule is CCNC(=O)c1ccnc(NCC2(COC)CCCC2)c1. The Bertz CT molecular complexity index is 470. The van der Waals surface area contributed by atoms with E-state index in [-0.39, 0.29) is 11.3 Å². The molecule has 0 unspecified atom stereocenters. The monoisotopic (exact) mass is 291 g/mol. The maximum Gasteiger partial charge on any atom is 0.251 e. The van der Waals surface area contributed by atoms with Crippen LogP contribution in [-0.2, 0) is 4.74 Å². The lowest BCUT2D eigenvalue weighted by Gasteiger charge is -2.28. The van der Waals surface area contributed by atoms with Crippen LogP contribution in [-0.4, -0.2) is 37.7 Å². The van der Waals surface area contributed by atoms with Crippen LogP contribution in [0.5, 0.6) is 0 Å². The number of aromatic nitrogens is 1. The molecule has 0 spiro atoms. The summed E-state index contributed by atoms with van der Waals surface area (Å²) < 4.78 is 5.39. The molecule has 1 aromatic rings. The van der Waals surface area contributed by atoms with Crippen LogP contribution in [0.1, 0.15) is 43.0 Å². The molecule has 1 amide bonds. The molecular formula is C16H25N3O2. The summed E-state index contributed by atoms with van der Waals surface area (Å²) in [6.45, 7) is 4.15. The summed E-state index contributed by atoms with van der Waals surface area (Å²) in [6, 6.07) is 3.54. The number of nitrogens with zero attached hydrogens (tertiary/aromatic N) is 1. The molecule has 21 heavy (non-hydrogen) atoms. The van der Waals surface area contributed by atoms with Crippen LogP contribution < -0.4 is 10.6 Å². The van der Waals surface area contributed by atoms with Gasteiger partial charge in [0.15, 0.2) is 0 Å². The summed E-state index contributed by atoms with van der Waals surface area (Å²) in [5.41, 5.74) is 0.847. The number of carbonyl (C=O) groups excluding carboxylic acids is 1. The van der Waals surface area contributed by atoms with E-state index in [2.05, 4.69) is 15.6 Å². The van der Waals surface area contributed by atoms with Gasteiger partial charge in [0, 0.05) is 37.4 Å². The van der Waals surface area contributed by atoms with Crippen molar-refractivity contribution in [1.82, 2.24) is 10.3 Å². The minimum absolute atomic E-state index is 0.0598. The van der Waals surface area contributed by atoms with Crippen molar-refractivity contribution in [3.63, 3.8) is 0 Å². The molecule has 0 saturated heterocycles. The predicted octanol–water partition coefficient (Wildman–Crippen LogP) is 2.45. The number of hydrogen-bond donors (Lipinski definition) is 2. The Balaban J connectivity index is 1.99. The zero-order valence-corrected chi connectivity index (χ0v) is 12.9. The molecule has 0 bridgehead atoms. The summed E-state index contributed by atoms with van der Waals surface area (Å²) in [4.78, 5) is 16.1. The third kappa shape index (κ3) is 4.17. The van der Waals surface area contributed by atoms with Crippen molar-refractivity contribution >= 4 is 11.7 Å². The summed E-state index contributed by atoms with van der Waals surface area (Å²) in [5, 5.41) is 6.18. The van der Waals surface area contributed by atoms with Crippen molar-refractivity contribution < 1.29 is 9.53 Å². The van der Waals surface area contributed by atoms with Crippen molar-refractivity contribution in [2.45, 2.75) is 32.6 Å². The van der Waals surface area contributed by atoms with Gasteiger partial charge in [-0.15, -0.1) is 0 Å².